The third kappa shape index (κ3) is 3.14. The third-order valence-corrected chi connectivity index (χ3v) is 6.58. The van der Waals surface area contributed by atoms with Gasteiger partial charge in [-0.05, 0) is 30.9 Å². The Morgan fingerprint density at radius 3 is 2.67 bits per heavy atom. The van der Waals surface area contributed by atoms with Crippen LogP contribution in [-0.4, -0.2) is 60.3 Å². The van der Waals surface area contributed by atoms with Gasteiger partial charge < -0.3 is 20.2 Å². The smallest absolute Gasteiger partial charge is 0.329 e. The molecule has 0 aromatic heterocycles. The summed E-state index contributed by atoms with van der Waals surface area (Å²) in [6.45, 7) is 5.74. The number of phenols is 1. The number of piperazine rings is 1. The number of hydrogen-bond acceptors (Lipinski definition) is 4. The number of para-hydroxylation sites is 2. The minimum absolute atomic E-state index is 0.0321. The maximum atomic E-state index is 13.1. The number of aromatic hydroxyl groups is 1. The molecule has 27 heavy (non-hydrogen) atoms. The zero-order valence-corrected chi connectivity index (χ0v) is 15.9. The van der Waals surface area contributed by atoms with Crippen molar-refractivity contribution in [2.45, 2.75) is 38.1 Å². The molecule has 7 heteroatoms. The normalized spacial score (nSPS) is 29.4. The first-order chi connectivity index (χ1) is 13.0. The van der Waals surface area contributed by atoms with Crippen molar-refractivity contribution >= 4 is 17.6 Å². The number of imide groups is 1. The second-order valence-corrected chi connectivity index (χ2v) is 8.17. The molecule has 1 aromatic rings. The fraction of sp³-hybridized carbons (Fsp3) is 0.600. The predicted octanol–water partition coefficient (Wildman–Crippen LogP) is 0.555. The lowest BCUT2D eigenvalue weighted by Gasteiger charge is -2.37. The minimum Gasteiger partial charge on any atom is -0.506 e. The van der Waals surface area contributed by atoms with Gasteiger partial charge in [-0.15, -0.1) is 0 Å². The summed E-state index contributed by atoms with van der Waals surface area (Å²) in [5.41, 5.74) is 0.174. The fourth-order valence-corrected chi connectivity index (χ4v) is 4.82. The van der Waals surface area contributed by atoms with Crippen molar-refractivity contribution in [3.8, 4) is 5.75 Å². The summed E-state index contributed by atoms with van der Waals surface area (Å²) in [7, 11) is 0. The third-order valence-electron chi connectivity index (χ3n) is 6.58. The largest absolute Gasteiger partial charge is 0.506 e. The molecule has 2 saturated heterocycles. The molecule has 1 aliphatic carbocycles. The van der Waals surface area contributed by atoms with Crippen LogP contribution in [0.25, 0.3) is 0 Å². The molecule has 7 nitrogen and oxygen atoms in total. The van der Waals surface area contributed by atoms with Gasteiger partial charge in [0.1, 0.15) is 11.3 Å². The quantitative estimate of drug-likeness (QED) is 0.677. The Labute approximate surface area is 159 Å². The van der Waals surface area contributed by atoms with E-state index < -0.39 is 5.54 Å². The van der Waals surface area contributed by atoms with Gasteiger partial charge in [0.15, 0.2) is 6.67 Å². The summed E-state index contributed by atoms with van der Waals surface area (Å²) in [6.07, 6.45) is 3.87. The fourth-order valence-electron chi connectivity index (χ4n) is 4.82. The van der Waals surface area contributed by atoms with Crippen LogP contribution in [0.3, 0.4) is 0 Å². The van der Waals surface area contributed by atoms with Crippen LogP contribution < -0.4 is 15.1 Å². The zero-order valence-electron chi connectivity index (χ0n) is 15.9. The highest BCUT2D eigenvalue weighted by Gasteiger charge is 2.55. The Balaban J connectivity index is 1.38. The first-order valence-electron chi connectivity index (χ1n) is 10.0. The van der Waals surface area contributed by atoms with Gasteiger partial charge in [0.05, 0.1) is 31.9 Å². The van der Waals surface area contributed by atoms with E-state index in [9.17, 15) is 14.7 Å². The van der Waals surface area contributed by atoms with E-state index in [0.717, 1.165) is 57.5 Å². The van der Waals surface area contributed by atoms with Crippen LogP contribution in [0.5, 0.6) is 5.75 Å². The number of carbonyl (C=O) groups is 2. The maximum absolute atomic E-state index is 13.1. The predicted molar refractivity (Wildman–Crippen MR) is 102 cm³/mol. The summed E-state index contributed by atoms with van der Waals surface area (Å²) >= 11 is 0. The molecule has 3 fully saturated rings. The number of amides is 3. The molecule has 1 saturated carbocycles. The van der Waals surface area contributed by atoms with Crippen molar-refractivity contribution in [3.63, 3.8) is 0 Å². The Hall–Kier alpha value is -2.28. The van der Waals surface area contributed by atoms with Crippen LogP contribution in [0, 0.1) is 5.92 Å². The highest BCUT2D eigenvalue weighted by Crippen LogP contribution is 2.37. The van der Waals surface area contributed by atoms with Crippen LogP contribution in [0.2, 0.25) is 0 Å². The van der Waals surface area contributed by atoms with Gasteiger partial charge in [-0.1, -0.05) is 31.9 Å². The molecule has 4 rings (SSSR count). The molecule has 2 heterocycles. The summed E-state index contributed by atoms with van der Waals surface area (Å²) in [6, 6.07) is 7.13. The van der Waals surface area contributed by atoms with Gasteiger partial charge in [0.25, 0.3) is 5.91 Å². The SMILES string of the molecule is C[C@H]1CCCC[C@]12NC(=O)N(C[NH+]1CCN(c3ccccc3O)CC1)C2=O. The molecule has 0 bridgehead atoms. The number of hydrogen-bond donors (Lipinski definition) is 3. The highest BCUT2D eigenvalue weighted by atomic mass is 16.3. The average molecular weight is 373 g/mol. The summed E-state index contributed by atoms with van der Waals surface area (Å²) < 4.78 is 0. The standard InChI is InChI=1S/C20H28N4O3/c1-15-6-4-5-9-20(15)18(26)24(19(27)21-20)14-22-10-12-23(13-11-22)16-7-2-3-8-17(16)25/h2-3,7-8,15,25H,4-6,9-14H2,1H3,(H,21,27)/p+1/t15-,20-/m0/s1. The highest BCUT2D eigenvalue weighted by molar-refractivity contribution is 6.07. The molecule has 0 unspecified atom stereocenters. The summed E-state index contributed by atoms with van der Waals surface area (Å²) in [5, 5.41) is 13.1. The Morgan fingerprint density at radius 1 is 1.22 bits per heavy atom. The maximum Gasteiger partial charge on any atom is 0.329 e. The molecule has 1 aromatic carbocycles. The molecule has 3 amide bonds. The number of quaternary nitrogens is 1. The van der Waals surface area contributed by atoms with Gasteiger partial charge in [-0.2, -0.15) is 0 Å². The zero-order chi connectivity index (χ0) is 19.0. The van der Waals surface area contributed by atoms with Crippen LogP contribution in [-0.2, 0) is 4.79 Å². The van der Waals surface area contributed by atoms with Gasteiger partial charge in [0.2, 0.25) is 0 Å². The van der Waals surface area contributed by atoms with Crippen molar-refractivity contribution in [2.75, 3.05) is 37.7 Å². The lowest BCUT2D eigenvalue weighted by atomic mass is 9.73. The van der Waals surface area contributed by atoms with E-state index in [1.807, 2.05) is 18.2 Å². The summed E-state index contributed by atoms with van der Waals surface area (Å²) in [5.74, 6) is 0.458. The first kappa shape index (κ1) is 18.1. The molecule has 2 atom stereocenters. The average Bonchev–Trinajstić information content (AvgIpc) is 2.90. The van der Waals surface area contributed by atoms with Gasteiger partial charge in [0, 0.05) is 0 Å². The van der Waals surface area contributed by atoms with Gasteiger partial charge in [-0.3, -0.25) is 4.79 Å². The number of nitrogens with zero attached hydrogens (tertiary/aromatic N) is 2. The van der Waals surface area contributed by atoms with E-state index >= 15 is 0 Å². The van der Waals surface area contributed by atoms with Crippen LogP contribution in [0.4, 0.5) is 10.5 Å². The molecule has 0 radical (unpaired) electrons. The summed E-state index contributed by atoms with van der Waals surface area (Å²) in [4.78, 5) is 30.5. The number of rotatable bonds is 3. The number of benzene rings is 1. The van der Waals surface area contributed by atoms with E-state index in [0.29, 0.717) is 12.4 Å². The monoisotopic (exact) mass is 373 g/mol. The minimum atomic E-state index is -0.674. The molecular weight excluding hydrogens is 344 g/mol. The molecule has 1 spiro atoms. The Bertz CT molecular complexity index is 732. The van der Waals surface area contributed by atoms with E-state index in [1.165, 1.54) is 9.80 Å². The lowest BCUT2D eigenvalue weighted by Crippen LogP contribution is -3.16. The Morgan fingerprint density at radius 2 is 1.96 bits per heavy atom. The van der Waals surface area contributed by atoms with Crippen LogP contribution in [0.15, 0.2) is 24.3 Å². The first-order valence-corrected chi connectivity index (χ1v) is 10.0. The van der Waals surface area contributed by atoms with Crippen molar-refractivity contribution in [2.24, 2.45) is 5.92 Å². The van der Waals surface area contributed by atoms with E-state index in [4.69, 9.17) is 0 Å². The van der Waals surface area contributed by atoms with Gasteiger partial charge >= 0.3 is 6.03 Å². The molecule has 3 aliphatic rings. The molecule has 146 valence electrons. The second kappa shape index (κ2) is 7.03. The van der Waals surface area contributed by atoms with E-state index in [2.05, 4.69) is 17.1 Å². The van der Waals surface area contributed by atoms with Crippen molar-refractivity contribution in [1.82, 2.24) is 10.2 Å². The van der Waals surface area contributed by atoms with Crippen molar-refractivity contribution in [3.05, 3.63) is 24.3 Å². The van der Waals surface area contributed by atoms with Crippen LogP contribution in [0.1, 0.15) is 32.6 Å². The number of urea groups is 1. The van der Waals surface area contributed by atoms with E-state index in [1.54, 1.807) is 6.07 Å². The van der Waals surface area contributed by atoms with Crippen molar-refractivity contribution in [1.29, 1.82) is 0 Å². The number of carbonyl (C=O) groups excluding carboxylic acids is 2. The second-order valence-electron chi connectivity index (χ2n) is 8.17. The number of nitrogens with one attached hydrogen (secondary N) is 2. The van der Waals surface area contributed by atoms with Crippen molar-refractivity contribution < 1.29 is 19.6 Å². The van der Waals surface area contributed by atoms with Crippen LogP contribution >= 0.6 is 0 Å². The van der Waals surface area contributed by atoms with E-state index in [-0.39, 0.29) is 17.9 Å². The van der Waals surface area contributed by atoms with Gasteiger partial charge in [-0.25, -0.2) is 9.69 Å². The lowest BCUT2D eigenvalue weighted by molar-refractivity contribution is -0.907. The topological polar surface area (TPSA) is 77.3 Å². The molecular formula is C20H29N4O3+. The number of phenolic OH excluding ortho intramolecular Hbond substituents is 1. The number of anilines is 1. The molecule has 2 aliphatic heterocycles. The molecule has 3 N–H and O–H groups in total. The Kier molecular flexibility index (Phi) is 4.72.